The lowest BCUT2D eigenvalue weighted by Gasteiger charge is -2.16. The Kier molecular flexibility index (Phi) is 4.82. The minimum atomic E-state index is 0.730. The number of aromatic nitrogens is 2. The van der Waals surface area contributed by atoms with Crippen LogP contribution in [0, 0.1) is 0 Å². The Hall–Kier alpha value is -4.82. The number of benzene rings is 6. The normalized spacial score (nSPS) is 11.3. The fraction of sp³-hybridized carbons (Fsp3) is 0. The fourth-order valence-corrected chi connectivity index (χ4v) is 5.15. The zero-order chi connectivity index (χ0) is 23.9. The average molecular weight is 459 g/mol. The zero-order valence-electron chi connectivity index (χ0n) is 19.6. The van der Waals surface area contributed by atoms with Gasteiger partial charge in [-0.3, -0.25) is 0 Å². The number of hydrogen-bond acceptors (Lipinski definition) is 2. The van der Waals surface area contributed by atoms with E-state index in [0.717, 1.165) is 33.9 Å². The molecule has 0 saturated heterocycles. The van der Waals surface area contributed by atoms with Gasteiger partial charge < -0.3 is 0 Å². The Morgan fingerprint density at radius 1 is 0.389 bits per heavy atom. The third-order valence-corrected chi connectivity index (χ3v) is 6.84. The van der Waals surface area contributed by atoms with Gasteiger partial charge in [0.25, 0.3) is 0 Å². The van der Waals surface area contributed by atoms with E-state index in [-0.39, 0.29) is 0 Å². The van der Waals surface area contributed by atoms with Gasteiger partial charge in [0.15, 0.2) is 5.82 Å². The summed E-state index contributed by atoms with van der Waals surface area (Å²) in [6.07, 6.45) is 0. The molecule has 0 unspecified atom stereocenters. The molecule has 36 heavy (non-hydrogen) atoms. The van der Waals surface area contributed by atoms with Crippen LogP contribution in [0.5, 0.6) is 0 Å². The largest absolute Gasteiger partial charge is 0.228 e. The predicted octanol–water partition coefficient (Wildman–Crippen LogP) is 8.94. The molecule has 0 N–H and O–H groups in total. The van der Waals surface area contributed by atoms with Crippen LogP contribution >= 0.6 is 0 Å². The van der Waals surface area contributed by atoms with Gasteiger partial charge in [-0.1, -0.05) is 121 Å². The second kappa shape index (κ2) is 8.44. The Balaban J connectivity index is 1.64. The molecule has 0 saturated carbocycles. The molecule has 2 nitrogen and oxygen atoms in total. The molecular weight excluding hydrogens is 436 g/mol. The van der Waals surface area contributed by atoms with Gasteiger partial charge in [0, 0.05) is 16.7 Å². The van der Waals surface area contributed by atoms with E-state index in [4.69, 9.17) is 9.97 Å². The third-order valence-electron chi connectivity index (χ3n) is 6.84. The van der Waals surface area contributed by atoms with Crippen LogP contribution in [0.2, 0.25) is 0 Å². The smallest absolute Gasteiger partial charge is 0.160 e. The first-order valence-corrected chi connectivity index (χ1v) is 12.2. The summed E-state index contributed by atoms with van der Waals surface area (Å²) in [4.78, 5) is 10.2. The molecule has 0 aliphatic heterocycles. The highest BCUT2D eigenvalue weighted by molar-refractivity contribution is 6.21. The van der Waals surface area contributed by atoms with Crippen molar-refractivity contribution >= 4 is 32.3 Å². The Bertz CT molecular complexity index is 1820. The number of hydrogen-bond donors (Lipinski definition) is 0. The topological polar surface area (TPSA) is 25.8 Å². The Morgan fingerprint density at radius 3 is 1.75 bits per heavy atom. The summed E-state index contributed by atoms with van der Waals surface area (Å²) < 4.78 is 0. The lowest BCUT2D eigenvalue weighted by Crippen LogP contribution is -1.97. The van der Waals surface area contributed by atoms with Gasteiger partial charge in [-0.25, -0.2) is 9.97 Å². The van der Waals surface area contributed by atoms with Gasteiger partial charge in [-0.05, 0) is 44.5 Å². The van der Waals surface area contributed by atoms with E-state index >= 15 is 0 Å². The molecule has 2 heteroatoms. The van der Waals surface area contributed by atoms with Crippen LogP contribution in [-0.4, -0.2) is 9.97 Å². The molecule has 7 aromatic rings. The second-order valence-electron chi connectivity index (χ2n) is 9.05. The first-order valence-electron chi connectivity index (χ1n) is 12.2. The van der Waals surface area contributed by atoms with E-state index in [0.29, 0.717) is 0 Å². The highest BCUT2D eigenvalue weighted by Crippen LogP contribution is 2.40. The van der Waals surface area contributed by atoms with E-state index < -0.39 is 0 Å². The predicted molar refractivity (Wildman–Crippen MR) is 151 cm³/mol. The van der Waals surface area contributed by atoms with Crippen LogP contribution < -0.4 is 0 Å². The Morgan fingerprint density at radius 2 is 0.972 bits per heavy atom. The third kappa shape index (κ3) is 3.43. The van der Waals surface area contributed by atoms with E-state index in [2.05, 4.69) is 109 Å². The fourth-order valence-electron chi connectivity index (χ4n) is 5.15. The molecule has 6 aromatic carbocycles. The number of fused-ring (bicyclic) bond motifs is 4. The van der Waals surface area contributed by atoms with Gasteiger partial charge in [0.05, 0.1) is 11.4 Å². The summed E-state index contributed by atoms with van der Waals surface area (Å²) in [6, 6.07) is 46.7. The van der Waals surface area contributed by atoms with Crippen molar-refractivity contribution in [1.82, 2.24) is 9.97 Å². The van der Waals surface area contributed by atoms with Crippen LogP contribution in [0.4, 0.5) is 0 Å². The molecule has 1 aromatic heterocycles. The first-order chi connectivity index (χ1) is 17.8. The minimum Gasteiger partial charge on any atom is -0.228 e. The maximum absolute atomic E-state index is 5.20. The van der Waals surface area contributed by atoms with Crippen molar-refractivity contribution in [2.24, 2.45) is 0 Å². The Labute approximate surface area is 209 Å². The van der Waals surface area contributed by atoms with Gasteiger partial charge in [-0.15, -0.1) is 0 Å². The van der Waals surface area contributed by atoms with Crippen LogP contribution in [0.1, 0.15) is 0 Å². The van der Waals surface area contributed by atoms with Crippen molar-refractivity contribution in [3.63, 3.8) is 0 Å². The molecule has 0 atom stereocenters. The molecule has 0 radical (unpaired) electrons. The van der Waals surface area contributed by atoms with Crippen molar-refractivity contribution < 1.29 is 0 Å². The van der Waals surface area contributed by atoms with Crippen molar-refractivity contribution in [1.29, 1.82) is 0 Å². The van der Waals surface area contributed by atoms with E-state index in [9.17, 15) is 0 Å². The highest BCUT2D eigenvalue weighted by atomic mass is 14.9. The monoisotopic (exact) mass is 458 g/mol. The van der Waals surface area contributed by atoms with Crippen LogP contribution in [-0.2, 0) is 0 Å². The molecule has 0 spiro atoms. The molecular formula is C34H22N2. The summed E-state index contributed by atoms with van der Waals surface area (Å²) >= 11 is 0. The van der Waals surface area contributed by atoms with Crippen LogP contribution in [0.25, 0.3) is 66.2 Å². The maximum atomic E-state index is 5.20. The van der Waals surface area contributed by atoms with E-state index in [1.165, 1.54) is 32.3 Å². The summed E-state index contributed by atoms with van der Waals surface area (Å²) in [5.41, 5.74) is 5.08. The SMILES string of the molecule is c1ccc(-c2cc(-c3c4ccccc4cc4ccc5ccccc5c34)nc(-c3ccccc3)n2)cc1. The number of rotatable bonds is 3. The molecule has 7 rings (SSSR count). The van der Waals surface area contributed by atoms with E-state index in [1.54, 1.807) is 0 Å². The van der Waals surface area contributed by atoms with E-state index in [1.807, 2.05) is 24.3 Å². The van der Waals surface area contributed by atoms with Crippen LogP contribution in [0.15, 0.2) is 133 Å². The quantitative estimate of drug-likeness (QED) is 0.195. The summed E-state index contributed by atoms with van der Waals surface area (Å²) in [5, 5.41) is 7.29. The highest BCUT2D eigenvalue weighted by Gasteiger charge is 2.17. The molecule has 0 bridgehead atoms. The lowest BCUT2D eigenvalue weighted by atomic mass is 9.90. The first kappa shape index (κ1) is 20.5. The summed E-state index contributed by atoms with van der Waals surface area (Å²) in [7, 11) is 0. The van der Waals surface area contributed by atoms with Gasteiger partial charge in [0.2, 0.25) is 0 Å². The molecule has 168 valence electrons. The van der Waals surface area contributed by atoms with Gasteiger partial charge >= 0.3 is 0 Å². The molecule has 0 aliphatic carbocycles. The minimum absolute atomic E-state index is 0.730. The van der Waals surface area contributed by atoms with Crippen molar-refractivity contribution in [2.45, 2.75) is 0 Å². The second-order valence-corrected chi connectivity index (χ2v) is 9.05. The lowest BCUT2D eigenvalue weighted by molar-refractivity contribution is 1.19. The van der Waals surface area contributed by atoms with Crippen LogP contribution in [0.3, 0.4) is 0 Å². The van der Waals surface area contributed by atoms with Crippen molar-refractivity contribution in [3.8, 4) is 33.9 Å². The molecule has 0 amide bonds. The van der Waals surface area contributed by atoms with Crippen molar-refractivity contribution in [3.05, 3.63) is 133 Å². The molecule has 0 fully saturated rings. The van der Waals surface area contributed by atoms with Crippen molar-refractivity contribution in [2.75, 3.05) is 0 Å². The standard InChI is InChI=1S/C34H22N2/c1-3-12-24(13-4-1)30-22-31(36-34(35-30)25-14-5-2-6-15-25)33-29-18-10-8-16-26(29)21-27-20-19-23-11-7-9-17-28(23)32(27)33/h1-22H. The average Bonchev–Trinajstić information content (AvgIpc) is 2.96. The molecule has 1 heterocycles. The maximum Gasteiger partial charge on any atom is 0.160 e. The van der Waals surface area contributed by atoms with Gasteiger partial charge in [-0.2, -0.15) is 0 Å². The number of nitrogens with zero attached hydrogens (tertiary/aromatic N) is 2. The summed E-state index contributed by atoms with van der Waals surface area (Å²) in [6.45, 7) is 0. The van der Waals surface area contributed by atoms with Gasteiger partial charge in [0.1, 0.15) is 0 Å². The zero-order valence-corrected chi connectivity index (χ0v) is 19.6. The summed E-state index contributed by atoms with van der Waals surface area (Å²) in [5.74, 6) is 0.730. The molecule has 0 aliphatic rings.